The molecule has 0 spiro atoms. The molecule has 2 aromatic carbocycles. The van der Waals surface area contributed by atoms with Crippen molar-refractivity contribution in [2.45, 2.75) is 46.4 Å². The van der Waals surface area contributed by atoms with Crippen LogP contribution >= 0.6 is 0 Å². The van der Waals surface area contributed by atoms with Gasteiger partial charge in [0.05, 0.1) is 5.69 Å². The van der Waals surface area contributed by atoms with Gasteiger partial charge in [-0.05, 0) is 68.1 Å². The molecule has 0 fully saturated rings. The van der Waals surface area contributed by atoms with Crippen molar-refractivity contribution in [3.8, 4) is 5.75 Å². The lowest BCUT2D eigenvalue weighted by Gasteiger charge is -2.18. The summed E-state index contributed by atoms with van der Waals surface area (Å²) in [5.41, 5.74) is 5.45. The van der Waals surface area contributed by atoms with Crippen molar-refractivity contribution in [3.05, 3.63) is 82.4 Å². The minimum atomic E-state index is -0.255. The highest BCUT2D eigenvalue weighted by molar-refractivity contribution is 5.79. The van der Waals surface area contributed by atoms with E-state index in [0.717, 1.165) is 35.0 Å². The van der Waals surface area contributed by atoms with Crippen LogP contribution in [0.2, 0.25) is 0 Å². The van der Waals surface area contributed by atoms with Gasteiger partial charge in [0.15, 0.2) is 5.96 Å². The summed E-state index contributed by atoms with van der Waals surface area (Å²) in [6.45, 7) is 7.26. The average Bonchev–Trinajstić information content (AvgIpc) is 3.02. The van der Waals surface area contributed by atoms with Crippen molar-refractivity contribution in [2.24, 2.45) is 12.0 Å². The molecule has 32 heavy (non-hydrogen) atoms. The van der Waals surface area contributed by atoms with Crippen molar-refractivity contribution in [2.75, 3.05) is 7.05 Å². The van der Waals surface area contributed by atoms with Gasteiger partial charge in [-0.2, -0.15) is 5.10 Å². The summed E-state index contributed by atoms with van der Waals surface area (Å²) in [4.78, 5) is 4.34. The predicted octanol–water partition coefficient (Wildman–Crippen LogP) is 4.05. The van der Waals surface area contributed by atoms with E-state index in [1.54, 1.807) is 13.1 Å². The molecule has 3 rings (SSSR count). The quantitative estimate of drug-likeness (QED) is 0.412. The number of nitrogens with zero attached hydrogens (tertiary/aromatic N) is 3. The lowest BCUT2D eigenvalue weighted by atomic mass is 10.1. The van der Waals surface area contributed by atoms with Gasteiger partial charge in [0.25, 0.3) is 0 Å². The van der Waals surface area contributed by atoms with E-state index in [9.17, 15) is 4.39 Å². The molecule has 170 valence electrons. The summed E-state index contributed by atoms with van der Waals surface area (Å²) >= 11 is 0. The van der Waals surface area contributed by atoms with Crippen LogP contribution in [-0.4, -0.2) is 28.8 Å². The molecule has 0 saturated heterocycles. The summed E-state index contributed by atoms with van der Waals surface area (Å²) in [5, 5.41) is 11.3. The summed E-state index contributed by atoms with van der Waals surface area (Å²) in [5.74, 6) is 1.24. The second kappa shape index (κ2) is 10.8. The summed E-state index contributed by atoms with van der Waals surface area (Å²) in [6, 6.07) is 14.5. The monoisotopic (exact) mass is 437 g/mol. The molecule has 0 radical (unpaired) electrons. The fourth-order valence-corrected chi connectivity index (χ4v) is 3.58. The number of aromatic nitrogens is 2. The van der Waals surface area contributed by atoms with Crippen molar-refractivity contribution in [1.29, 1.82) is 0 Å². The van der Waals surface area contributed by atoms with E-state index < -0.39 is 0 Å². The molecule has 1 aromatic heterocycles. The van der Waals surface area contributed by atoms with Gasteiger partial charge in [-0.3, -0.25) is 9.67 Å². The van der Waals surface area contributed by atoms with E-state index in [2.05, 4.69) is 34.6 Å². The van der Waals surface area contributed by atoms with Crippen LogP contribution in [0.4, 0.5) is 4.39 Å². The maximum atomic E-state index is 13.3. The second-order valence-electron chi connectivity index (χ2n) is 8.01. The van der Waals surface area contributed by atoms with Crippen LogP contribution in [0.1, 0.15) is 35.0 Å². The molecular formula is C25H32FN5O. The average molecular weight is 438 g/mol. The number of hydrogen-bond donors (Lipinski definition) is 2. The van der Waals surface area contributed by atoms with Gasteiger partial charge >= 0.3 is 0 Å². The maximum absolute atomic E-state index is 13.3. The fraction of sp³-hybridized carbons (Fsp3) is 0.360. The second-order valence-corrected chi connectivity index (χ2v) is 8.01. The number of guanidine groups is 1. The van der Waals surface area contributed by atoms with Crippen LogP contribution in [0.15, 0.2) is 53.5 Å². The van der Waals surface area contributed by atoms with E-state index in [4.69, 9.17) is 4.74 Å². The van der Waals surface area contributed by atoms with Gasteiger partial charge in [-0.1, -0.05) is 24.3 Å². The van der Waals surface area contributed by atoms with Crippen LogP contribution in [0.25, 0.3) is 0 Å². The third-order valence-electron chi connectivity index (χ3n) is 5.45. The Morgan fingerprint density at radius 3 is 2.53 bits per heavy atom. The number of halogens is 1. The molecule has 0 aliphatic rings. The lowest BCUT2D eigenvalue weighted by Crippen LogP contribution is -2.42. The molecule has 0 saturated carbocycles. The molecule has 0 aliphatic heterocycles. The Bertz CT molecular complexity index is 1060. The number of benzene rings is 2. The predicted molar refractivity (Wildman–Crippen MR) is 126 cm³/mol. The fourth-order valence-electron chi connectivity index (χ4n) is 3.58. The summed E-state index contributed by atoms with van der Waals surface area (Å²) < 4.78 is 20.9. The Morgan fingerprint density at radius 2 is 1.91 bits per heavy atom. The van der Waals surface area contributed by atoms with Gasteiger partial charge in [0.2, 0.25) is 0 Å². The number of aryl methyl sites for hydroxylation is 2. The molecule has 2 N–H and O–H groups in total. The summed E-state index contributed by atoms with van der Waals surface area (Å²) in [6.07, 6.45) is 0.879. The maximum Gasteiger partial charge on any atom is 0.191 e. The Kier molecular flexibility index (Phi) is 7.87. The first-order valence-electron chi connectivity index (χ1n) is 10.8. The molecule has 0 amide bonds. The van der Waals surface area contributed by atoms with E-state index >= 15 is 0 Å². The van der Waals surface area contributed by atoms with Crippen molar-refractivity contribution >= 4 is 5.96 Å². The molecule has 0 aliphatic carbocycles. The number of nitrogens with one attached hydrogen (secondary N) is 2. The summed E-state index contributed by atoms with van der Waals surface area (Å²) in [7, 11) is 3.74. The third kappa shape index (κ3) is 6.33. The Morgan fingerprint density at radius 1 is 1.16 bits per heavy atom. The molecule has 0 bridgehead atoms. The minimum absolute atomic E-state index is 0.210. The lowest BCUT2D eigenvalue weighted by molar-refractivity contribution is 0.305. The first-order chi connectivity index (χ1) is 15.4. The topological polar surface area (TPSA) is 63.5 Å². The molecule has 3 aromatic rings. The Balaban J connectivity index is 1.48. The minimum Gasteiger partial charge on any atom is -0.489 e. The molecule has 1 atom stereocenters. The van der Waals surface area contributed by atoms with Crippen LogP contribution in [0.5, 0.6) is 5.75 Å². The number of rotatable bonds is 8. The van der Waals surface area contributed by atoms with Gasteiger partial charge < -0.3 is 15.4 Å². The SMILES string of the molecule is CN=C(NCc1ccc(OCc2cccc(F)c2)cc1)NC(C)Cc1c(C)nn(C)c1C. The smallest absolute Gasteiger partial charge is 0.191 e. The highest BCUT2D eigenvalue weighted by Crippen LogP contribution is 2.16. The van der Waals surface area contributed by atoms with Crippen molar-refractivity contribution in [1.82, 2.24) is 20.4 Å². The zero-order valence-corrected chi connectivity index (χ0v) is 19.4. The van der Waals surface area contributed by atoms with E-state index in [1.807, 2.05) is 49.0 Å². The molecule has 7 heteroatoms. The van der Waals surface area contributed by atoms with Crippen LogP contribution < -0.4 is 15.4 Å². The molecule has 1 heterocycles. The zero-order valence-electron chi connectivity index (χ0n) is 19.4. The van der Waals surface area contributed by atoms with Crippen LogP contribution in [0, 0.1) is 19.7 Å². The molecule has 6 nitrogen and oxygen atoms in total. The van der Waals surface area contributed by atoms with Crippen molar-refractivity contribution in [3.63, 3.8) is 0 Å². The van der Waals surface area contributed by atoms with Gasteiger partial charge in [0, 0.05) is 32.4 Å². The van der Waals surface area contributed by atoms with Gasteiger partial charge in [-0.25, -0.2) is 4.39 Å². The van der Waals surface area contributed by atoms with E-state index in [0.29, 0.717) is 13.2 Å². The molecule has 1 unspecified atom stereocenters. The highest BCUT2D eigenvalue weighted by atomic mass is 19.1. The van der Waals surface area contributed by atoms with E-state index in [1.165, 1.54) is 23.4 Å². The highest BCUT2D eigenvalue weighted by Gasteiger charge is 2.14. The van der Waals surface area contributed by atoms with E-state index in [-0.39, 0.29) is 11.9 Å². The standard InChI is InChI=1S/C25H32FN5O/c1-17(13-24-18(2)30-31(5)19(24)3)29-25(27-4)28-15-20-9-11-23(12-10-20)32-16-21-7-6-8-22(26)14-21/h6-12,14,17H,13,15-16H2,1-5H3,(H2,27,28,29). The van der Waals surface area contributed by atoms with Crippen LogP contribution in [-0.2, 0) is 26.6 Å². The largest absolute Gasteiger partial charge is 0.489 e. The first-order valence-corrected chi connectivity index (χ1v) is 10.8. The normalized spacial score (nSPS) is 12.5. The number of ether oxygens (including phenoxy) is 1. The zero-order chi connectivity index (χ0) is 23.1. The molecular weight excluding hydrogens is 405 g/mol. The van der Waals surface area contributed by atoms with Crippen LogP contribution in [0.3, 0.4) is 0 Å². The van der Waals surface area contributed by atoms with Gasteiger partial charge in [0.1, 0.15) is 18.2 Å². The Hall–Kier alpha value is -3.35. The first kappa shape index (κ1) is 23.3. The third-order valence-corrected chi connectivity index (χ3v) is 5.45. The van der Waals surface area contributed by atoms with Crippen molar-refractivity contribution < 1.29 is 9.13 Å². The Labute approximate surface area is 189 Å². The van der Waals surface area contributed by atoms with Gasteiger partial charge in [-0.15, -0.1) is 0 Å². The number of hydrogen-bond acceptors (Lipinski definition) is 3. The number of aliphatic imine (C=N–C) groups is 1.